The second-order valence-electron chi connectivity index (χ2n) is 8.80. The van der Waals surface area contributed by atoms with Crippen LogP contribution in [0.15, 0.2) is 78.5 Å². The zero-order chi connectivity index (χ0) is 29.9. The molecule has 0 amide bonds. The molecule has 1 unspecified atom stereocenters. The second-order valence-corrected chi connectivity index (χ2v) is 9.23. The summed E-state index contributed by atoms with van der Waals surface area (Å²) in [6.45, 7) is 16.0. The number of allylic oxidation sites excluding steroid dienone is 3. The number of hydrogen-bond acceptors (Lipinski definition) is 5. The number of halogens is 1. The van der Waals surface area contributed by atoms with Crippen molar-refractivity contribution in [2.45, 2.75) is 54.0 Å². The maximum atomic E-state index is 11.4. The second kappa shape index (κ2) is 19.6. The summed E-state index contributed by atoms with van der Waals surface area (Å²) in [5.41, 5.74) is 2.94. The lowest BCUT2D eigenvalue weighted by atomic mass is 10.0. The number of carbonyl (C=O) groups excluding carboxylic acids is 1. The first-order valence-corrected chi connectivity index (χ1v) is 14.2. The van der Waals surface area contributed by atoms with Gasteiger partial charge in [0, 0.05) is 47.0 Å². The van der Waals surface area contributed by atoms with Crippen LogP contribution >= 0.6 is 11.6 Å². The predicted molar refractivity (Wildman–Crippen MR) is 173 cm³/mol. The van der Waals surface area contributed by atoms with E-state index in [0.717, 1.165) is 48.6 Å². The van der Waals surface area contributed by atoms with E-state index in [1.165, 1.54) is 12.0 Å². The van der Waals surface area contributed by atoms with Gasteiger partial charge in [0.2, 0.25) is 0 Å². The molecule has 1 saturated heterocycles. The molecule has 0 bridgehead atoms. The molecule has 0 radical (unpaired) electrons. The molecule has 2 aromatic carbocycles. The Morgan fingerprint density at radius 2 is 1.82 bits per heavy atom. The van der Waals surface area contributed by atoms with E-state index < -0.39 is 0 Å². The molecule has 40 heavy (non-hydrogen) atoms. The van der Waals surface area contributed by atoms with E-state index in [2.05, 4.69) is 67.0 Å². The van der Waals surface area contributed by atoms with Crippen molar-refractivity contribution in [1.29, 1.82) is 0 Å². The Labute approximate surface area is 246 Å². The average molecular weight is 562 g/mol. The van der Waals surface area contributed by atoms with Crippen molar-refractivity contribution < 1.29 is 9.53 Å². The molecule has 1 aliphatic heterocycles. The van der Waals surface area contributed by atoms with Crippen molar-refractivity contribution in [3.05, 3.63) is 89.1 Å². The summed E-state index contributed by atoms with van der Waals surface area (Å²) in [6.07, 6.45) is 17.4. The molecule has 4 rings (SSSR count). The fourth-order valence-corrected chi connectivity index (χ4v) is 4.48. The Morgan fingerprint density at radius 1 is 1.12 bits per heavy atom. The van der Waals surface area contributed by atoms with Gasteiger partial charge in [-0.05, 0) is 62.9 Å². The van der Waals surface area contributed by atoms with E-state index in [9.17, 15) is 4.79 Å². The Morgan fingerprint density at radius 3 is 2.45 bits per heavy atom. The summed E-state index contributed by atoms with van der Waals surface area (Å²) < 4.78 is 5.38. The number of terminal acetylenes is 1. The Balaban J connectivity index is 0.000000373. The van der Waals surface area contributed by atoms with Crippen LogP contribution in [0.25, 0.3) is 10.8 Å². The van der Waals surface area contributed by atoms with Crippen molar-refractivity contribution in [2.24, 2.45) is 0 Å². The number of hydrogen-bond donors (Lipinski definition) is 1. The standard InChI is InChI=1S/C17H13ClN2O.C13H23NO.C2H6.C2H2/c1-11(21)13-3-2-4-15(9-13)20-17-16-10-14(18)6-5-12(16)7-8-19-17;1-4-6-7-12(3)13(5-2)14-8-10-15-11-9-14;2*1-2/h2-10H,1H3,(H,19,20);4,6-7,13H,5,8-11H2,1-3H3;1-2H3;1-2H/b;6-4-,12-7+;;. The van der Waals surface area contributed by atoms with Gasteiger partial charge in [0.15, 0.2) is 5.78 Å². The number of morpholine rings is 1. The van der Waals surface area contributed by atoms with Gasteiger partial charge in [0.1, 0.15) is 5.82 Å². The minimum absolute atomic E-state index is 0.0348. The van der Waals surface area contributed by atoms with Crippen LogP contribution in [0.5, 0.6) is 0 Å². The summed E-state index contributed by atoms with van der Waals surface area (Å²) in [7, 11) is 0. The molecule has 6 heteroatoms. The zero-order valence-corrected chi connectivity index (χ0v) is 25.5. The van der Waals surface area contributed by atoms with Crippen molar-refractivity contribution in [3.63, 3.8) is 0 Å². The number of aromatic nitrogens is 1. The summed E-state index contributed by atoms with van der Waals surface area (Å²) >= 11 is 6.06. The predicted octanol–water partition coefficient (Wildman–Crippen LogP) is 8.73. The molecule has 1 aromatic heterocycles. The molecule has 1 N–H and O–H groups in total. The van der Waals surface area contributed by atoms with Crippen LogP contribution in [0.2, 0.25) is 5.02 Å². The van der Waals surface area contributed by atoms with Crippen LogP contribution in [0.3, 0.4) is 0 Å². The van der Waals surface area contributed by atoms with Crippen molar-refractivity contribution in [2.75, 3.05) is 31.6 Å². The smallest absolute Gasteiger partial charge is 0.159 e. The lowest BCUT2D eigenvalue weighted by molar-refractivity contribution is 0.0230. The number of pyridine rings is 1. The third-order valence-electron chi connectivity index (χ3n) is 6.21. The van der Waals surface area contributed by atoms with Gasteiger partial charge in [0.05, 0.1) is 13.2 Å². The van der Waals surface area contributed by atoms with Gasteiger partial charge in [0.25, 0.3) is 0 Å². The summed E-state index contributed by atoms with van der Waals surface area (Å²) in [4.78, 5) is 18.3. The molecule has 1 fully saturated rings. The molecule has 214 valence electrons. The van der Waals surface area contributed by atoms with Crippen LogP contribution in [-0.2, 0) is 4.74 Å². The fraction of sp³-hybridized carbons (Fsp3) is 0.353. The number of Topliss-reactive ketones (excluding diaryl/α,β-unsaturated/α-hetero) is 1. The highest BCUT2D eigenvalue weighted by molar-refractivity contribution is 6.31. The summed E-state index contributed by atoms with van der Waals surface area (Å²) in [6, 6.07) is 15.6. The third-order valence-corrected chi connectivity index (χ3v) is 6.45. The first kappa shape index (κ1) is 34.6. The number of nitrogens with one attached hydrogen (secondary N) is 1. The number of ketones is 1. The highest BCUT2D eigenvalue weighted by Crippen LogP contribution is 2.27. The van der Waals surface area contributed by atoms with Crippen molar-refractivity contribution in [3.8, 4) is 12.8 Å². The van der Waals surface area contributed by atoms with Crippen LogP contribution in [0, 0.1) is 12.8 Å². The third kappa shape index (κ3) is 11.0. The summed E-state index contributed by atoms with van der Waals surface area (Å²) in [5.74, 6) is 0.753. The maximum absolute atomic E-state index is 11.4. The van der Waals surface area contributed by atoms with Gasteiger partial charge in [-0.25, -0.2) is 4.98 Å². The van der Waals surface area contributed by atoms with Gasteiger partial charge in [-0.1, -0.05) is 74.4 Å². The van der Waals surface area contributed by atoms with Gasteiger partial charge in [-0.3, -0.25) is 9.69 Å². The lowest BCUT2D eigenvalue weighted by Gasteiger charge is -2.34. The molecule has 0 spiro atoms. The zero-order valence-electron chi connectivity index (χ0n) is 24.8. The molecule has 0 saturated carbocycles. The highest BCUT2D eigenvalue weighted by atomic mass is 35.5. The Bertz CT molecular complexity index is 1260. The monoisotopic (exact) mass is 561 g/mol. The van der Waals surface area contributed by atoms with Crippen LogP contribution < -0.4 is 5.32 Å². The van der Waals surface area contributed by atoms with E-state index in [1.54, 1.807) is 19.2 Å². The first-order chi connectivity index (χ1) is 19.4. The van der Waals surface area contributed by atoms with E-state index in [-0.39, 0.29) is 5.78 Å². The number of carbonyl (C=O) groups is 1. The largest absolute Gasteiger partial charge is 0.379 e. The van der Waals surface area contributed by atoms with Crippen LogP contribution in [0.4, 0.5) is 11.5 Å². The molecule has 1 atom stereocenters. The van der Waals surface area contributed by atoms with Gasteiger partial charge < -0.3 is 10.1 Å². The Hall–Kier alpha value is -3.43. The van der Waals surface area contributed by atoms with Crippen molar-refractivity contribution in [1.82, 2.24) is 9.88 Å². The highest BCUT2D eigenvalue weighted by Gasteiger charge is 2.20. The first-order valence-electron chi connectivity index (χ1n) is 13.8. The van der Waals surface area contributed by atoms with E-state index >= 15 is 0 Å². The van der Waals surface area contributed by atoms with E-state index in [0.29, 0.717) is 16.6 Å². The fourth-order valence-electron chi connectivity index (χ4n) is 4.31. The van der Waals surface area contributed by atoms with Crippen molar-refractivity contribution >= 4 is 39.7 Å². The molecule has 0 aliphatic carbocycles. The number of anilines is 2. The van der Waals surface area contributed by atoms with Crippen LogP contribution in [0.1, 0.15) is 58.3 Å². The van der Waals surface area contributed by atoms with Crippen LogP contribution in [-0.4, -0.2) is 48.0 Å². The topological polar surface area (TPSA) is 54.5 Å². The van der Waals surface area contributed by atoms with Gasteiger partial charge in [-0.15, -0.1) is 12.8 Å². The molecule has 1 aliphatic rings. The number of rotatable bonds is 7. The quantitative estimate of drug-likeness (QED) is 0.177. The number of ether oxygens (including phenoxy) is 1. The SMILES string of the molecule is C#C.C/C=C\C=C(/C)C(CC)N1CCOCC1.CC.CC(=O)c1cccc(Nc2nccc3ccc(Cl)cc23)c1. The maximum Gasteiger partial charge on any atom is 0.159 e. The number of fused-ring (bicyclic) bond motifs is 1. The minimum atomic E-state index is 0.0348. The van der Waals surface area contributed by atoms with Gasteiger partial charge >= 0.3 is 0 Å². The van der Waals surface area contributed by atoms with Gasteiger partial charge in [-0.2, -0.15) is 0 Å². The number of nitrogens with zero attached hydrogens (tertiary/aromatic N) is 2. The molecule has 5 nitrogen and oxygen atoms in total. The summed E-state index contributed by atoms with van der Waals surface area (Å²) in [5, 5.41) is 5.91. The molecule has 2 heterocycles. The van der Waals surface area contributed by atoms with E-state index in [1.807, 2.05) is 56.3 Å². The lowest BCUT2D eigenvalue weighted by Crippen LogP contribution is -2.43. The average Bonchev–Trinajstić information content (AvgIpc) is 3.00. The molecular weight excluding hydrogens is 518 g/mol. The minimum Gasteiger partial charge on any atom is -0.379 e. The molecular formula is C34H44ClN3O2. The molecule has 3 aromatic rings. The Kier molecular flexibility index (Phi) is 17.0. The normalized spacial score (nSPS) is 14.1. The number of benzene rings is 2. The van der Waals surface area contributed by atoms with E-state index in [4.69, 9.17) is 16.3 Å².